The lowest BCUT2D eigenvalue weighted by molar-refractivity contribution is -0.144. The third-order valence-electron chi connectivity index (χ3n) is 2.95. The van der Waals surface area contributed by atoms with Crippen LogP contribution < -0.4 is 5.32 Å². The Morgan fingerprint density at radius 2 is 1.67 bits per heavy atom. The smallest absolute Gasteiger partial charge is 0.329 e. The number of carbonyl (C=O) groups excluding carboxylic acids is 1. The fourth-order valence-electron chi connectivity index (χ4n) is 1.62. The van der Waals surface area contributed by atoms with E-state index in [4.69, 9.17) is 0 Å². The number of hydrogen-bond acceptors (Lipinski definition) is 2. The SMILES string of the molecule is C=CCN(CC=C)C(=O)NC(CC)(CC)C(=O)O. The minimum atomic E-state index is -1.21. The quantitative estimate of drug-likeness (QED) is 0.651. The van der Waals surface area contributed by atoms with Gasteiger partial charge in [-0.05, 0) is 12.8 Å². The Kier molecular flexibility index (Phi) is 6.78. The van der Waals surface area contributed by atoms with Crippen LogP contribution in [0.4, 0.5) is 4.79 Å². The second-order valence-electron chi connectivity index (χ2n) is 4.01. The second-order valence-corrected chi connectivity index (χ2v) is 4.01. The van der Waals surface area contributed by atoms with Crippen molar-refractivity contribution in [1.29, 1.82) is 0 Å². The second kappa shape index (κ2) is 7.53. The molecule has 0 atom stereocenters. The van der Waals surface area contributed by atoms with E-state index in [1.165, 1.54) is 4.90 Å². The van der Waals surface area contributed by atoms with Crippen LogP contribution in [0.5, 0.6) is 0 Å². The molecule has 0 unspecified atom stereocenters. The van der Waals surface area contributed by atoms with Crippen LogP contribution in [0.3, 0.4) is 0 Å². The third kappa shape index (κ3) is 3.91. The molecule has 0 radical (unpaired) electrons. The highest BCUT2D eigenvalue weighted by atomic mass is 16.4. The fourth-order valence-corrected chi connectivity index (χ4v) is 1.62. The van der Waals surface area contributed by atoms with E-state index in [2.05, 4.69) is 18.5 Å². The molecule has 2 N–H and O–H groups in total. The van der Waals surface area contributed by atoms with Crippen molar-refractivity contribution in [2.45, 2.75) is 32.2 Å². The molecule has 5 nitrogen and oxygen atoms in total. The highest BCUT2D eigenvalue weighted by Crippen LogP contribution is 2.16. The zero-order valence-electron chi connectivity index (χ0n) is 11.1. The molecule has 5 heteroatoms. The van der Waals surface area contributed by atoms with Crippen molar-refractivity contribution in [3.8, 4) is 0 Å². The molecule has 0 aliphatic carbocycles. The molecule has 0 aromatic heterocycles. The van der Waals surface area contributed by atoms with Crippen molar-refractivity contribution < 1.29 is 14.7 Å². The maximum Gasteiger partial charge on any atom is 0.329 e. The number of rotatable bonds is 8. The molecular formula is C13H22N2O3. The van der Waals surface area contributed by atoms with Gasteiger partial charge in [-0.15, -0.1) is 13.2 Å². The van der Waals surface area contributed by atoms with Crippen molar-refractivity contribution >= 4 is 12.0 Å². The zero-order chi connectivity index (χ0) is 14.2. The van der Waals surface area contributed by atoms with E-state index in [1.807, 2.05) is 0 Å². The monoisotopic (exact) mass is 254 g/mol. The Bertz CT molecular complexity index is 312. The molecule has 0 aromatic carbocycles. The summed E-state index contributed by atoms with van der Waals surface area (Å²) in [4.78, 5) is 24.7. The highest BCUT2D eigenvalue weighted by molar-refractivity contribution is 5.86. The standard InChI is InChI=1S/C13H22N2O3/c1-5-9-15(10-6-2)12(18)14-13(7-3,8-4)11(16)17/h5-6H,1-2,7-10H2,3-4H3,(H,14,18)(H,16,17). The van der Waals surface area contributed by atoms with Gasteiger partial charge >= 0.3 is 12.0 Å². The number of nitrogens with one attached hydrogen (secondary N) is 1. The molecule has 0 aliphatic rings. The molecule has 18 heavy (non-hydrogen) atoms. The number of urea groups is 1. The number of carboxylic acid groups (broad SMARTS) is 1. The first kappa shape index (κ1) is 16.2. The molecule has 0 spiro atoms. The van der Waals surface area contributed by atoms with E-state index in [0.717, 1.165) is 0 Å². The first-order valence-electron chi connectivity index (χ1n) is 5.99. The van der Waals surface area contributed by atoms with Crippen LogP contribution in [0.1, 0.15) is 26.7 Å². The van der Waals surface area contributed by atoms with Gasteiger partial charge in [0, 0.05) is 13.1 Å². The molecule has 102 valence electrons. The molecule has 0 saturated carbocycles. The van der Waals surface area contributed by atoms with E-state index in [-0.39, 0.29) is 0 Å². The van der Waals surface area contributed by atoms with Crippen LogP contribution in [0.2, 0.25) is 0 Å². The van der Waals surface area contributed by atoms with Gasteiger partial charge in [-0.2, -0.15) is 0 Å². The lowest BCUT2D eigenvalue weighted by Crippen LogP contribution is -2.57. The highest BCUT2D eigenvalue weighted by Gasteiger charge is 2.37. The zero-order valence-corrected chi connectivity index (χ0v) is 11.1. The van der Waals surface area contributed by atoms with Gasteiger partial charge in [0.1, 0.15) is 5.54 Å². The Morgan fingerprint density at radius 1 is 1.22 bits per heavy atom. The Morgan fingerprint density at radius 3 is 1.94 bits per heavy atom. The Balaban J connectivity index is 4.91. The predicted molar refractivity (Wildman–Crippen MR) is 71.4 cm³/mol. The topological polar surface area (TPSA) is 69.6 Å². The van der Waals surface area contributed by atoms with Gasteiger partial charge in [-0.3, -0.25) is 0 Å². The van der Waals surface area contributed by atoms with Gasteiger partial charge in [-0.1, -0.05) is 26.0 Å². The van der Waals surface area contributed by atoms with E-state index < -0.39 is 17.5 Å². The molecule has 0 aromatic rings. The van der Waals surface area contributed by atoms with E-state index in [1.54, 1.807) is 26.0 Å². The number of nitrogens with zero attached hydrogens (tertiary/aromatic N) is 1. The molecular weight excluding hydrogens is 232 g/mol. The molecule has 0 heterocycles. The van der Waals surface area contributed by atoms with Crippen molar-refractivity contribution in [3.63, 3.8) is 0 Å². The minimum absolute atomic E-state index is 0.334. The number of aliphatic carboxylic acids is 1. The lowest BCUT2D eigenvalue weighted by atomic mass is 9.93. The van der Waals surface area contributed by atoms with Crippen LogP contribution in [-0.2, 0) is 4.79 Å². The summed E-state index contributed by atoms with van der Waals surface area (Å²) >= 11 is 0. The summed E-state index contributed by atoms with van der Waals surface area (Å²) in [6.45, 7) is 11.3. The van der Waals surface area contributed by atoms with E-state index in [9.17, 15) is 14.7 Å². The summed E-state index contributed by atoms with van der Waals surface area (Å²) in [7, 11) is 0. The summed E-state index contributed by atoms with van der Waals surface area (Å²) < 4.78 is 0. The molecule has 0 bridgehead atoms. The third-order valence-corrected chi connectivity index (χ3v) is 2.95. The van der Waals surface area contributed by atoms with Gasteiger partial charge in [0.15, 0.2) is 0 Å². The normalized spacial score (nSPS) is 10.6. The molecule has 0 aliphatic heterocycles. The summed E-state index contributed by atoms with van der Waals surface area (Å²) in [6, 6.07) is -0.416. The Hall–Kier alpha value is -1.78. The summed E-state index contributed by atoms with van der Waals surface area (Å²) in [5.41, 5.74) is -1.21. The van der Waals surface area contributed by atoms with Gasteiger partial charge in [0.25, 0.3) is 0 Å². The van der Waals surface area contributed by atoms with Gasteiger partial charge in [0.05, 0.1) is 0 Å². The summed E-state index contributed by atoms with van der Waals surface area (Å²) in [5, 5.41) is 11.8. The molecule has 0 saturated heterocycles. The largest absolute Gasteiger partial charge is 0.480 e. The van der Waals surface area contributed by atoms with Crippen molar-refractivity contribution in [1.82, 2.24) is 10.2 Å². The van der Waals surface area contributed by atoms with Crippen LogP contribution in [0, 0.1) is 0 Å². The van der Waals surface area contributed by atoms with Crippen molar-refractivity contribution in [2.24, 2.45) is 0 Å². The van der Waals surface area contributed by atoms with Gasteiger partial charge in [0.2, 0.25) is 0 Å². The minimum Gasteiger partial charge on any atom is -0.480 e. The summed E-state index contributed by atoms with van der Waals surface area (Å²) in [5.74, 6) is -1.02. The average molecular weight is 254 g/mol. The van der Waals surface area contributed by atoms with Crippen LogP contribution in [-0.4, -0.2) is 40.6 Å². The first-order valence-corrected chi connectivity index (χ1v) is 5.99. The Labute approximate surface area is 108 Å². The number of amides is 2. The summed E-state index contributed by atoms with van der Waals surface area (Å²) in [6.07, 6.45) is 3.84. The van der Waals surface area contributed by atoms with E-state index in [0.29, 0.717) is 25.9 Å². The fraction of sp³-hybridized carbons (Fsp3) is 0.538. The molecule has 2 amide bonds. The molecule has 0 rings (SSSR count). The predicted octanol–water partition coefficient (Wildman–Crippen LogP) is 2.01. The van der Waals surface area contributed by atoms with Gasteiger partial charge in [-0.25, -0.2) is 9.59 Å². The molecule has 0 fully saturated rings. The average Bonchev–Trinajstić information content (AvgIpc) is 2.35. The van der Waals surface area contributed by atoms with Crippen LogP contribution in [0.15, 0.2) is 25.3 Å². The van der Waals surface area contributed by atoms with Crippen LogP contribution in [0.25, 0.3) is 0 Å². The van der Waals surface area contributed by atoms with Gasteiger partial charge < -0.3 is 15.3 Å². The maximum atomic E-state index is 12.0. The number of hydrogen-bond donors (Lipinski definition) is 2. The van der Waals surface area contributed by atoms with Crippen molar-refractivity contribution in [3.05, 3.63) is 25.3 Å². The maximum absolute atomic E-state index is 12.0. The first-order chi connectivity index (χ1) is 8.47. The van der Waals surface area contributed by atoms with E-state index >= 15 is 0 Å². The van der Waals surface area contributed by atoms with Crippen molar-refractivity contribution in [2.75, 3.05) is 13.1 Å². The number of carbonyl (C=O) groups is 2. The lowest BCUT2D eigenvalue weighted by Gasteiger charge is -2.31. The van der Waals surface area contributed by atoms with Crippen LogP contribution >= 0.6 is 0 Å². The number of carboxylic acids is 1.